The van der Waals surface area contributed by atoms with Gasteiger partial charge < -0.3 is 0 Å². The van der Waals surface area contributed by atoms with E-state index in [1.807, 2.05) is 6.07 Å². The second-order valence-electron chi connectivity index (χ2n) is 6.10. The molecule has 1 aliphatic rings. The zero-order chi connectivity index (χ0) is 17.2. The van der Waals surface area contributed by atoms with Crippen LogP contribution in [0, 0.1) is 5.92 Å². The number of nitrogens with one attached hydrogen (secondary N) is 1. The average molecular weight is 337 g/mol. The van der Waals surface area contributed by atoms with Gasteiger partial charge >= 0.3 is 6.18 Å². The summed E-state index contributed by atoms with van der Waals surface area (Å²) >= 11 is 0. The number of aromatic amines is 1. The number of carbonyl (C=O) groups is 1. The SMILES string of the molecule is O=C(c1ccc(C(F)(F)F)cc1)C1CCCN(Cc2ccn[nH]2)C1. The van der Waals surface area contributed by atoms with Gasteiger partial charge in [0.15, 0.2) is 5.78 Å². The largest absolute Gasteiger partial charge is 0.416 e. The van der Waals surface area contributed by atoms with E-state index in [0.717, 1.165) is 37.2 Å². The van der Waals surface area contributed by atoms with E-state index >= 15 is 0 Å². The first-order chi connectivity index (χ1) is 11.4. The zero-order valence-corrected chi connectivity index (χ0v) is 13.0. The Morgan fingerprint density at radius 1 is 1.25 bits per heavy atom. The molecular weight excluding hydrogens is 319 g/mol. The second-order valence-corrected chi connectivity index (χ2v) is 6.10. The van der Waals surface area contributed by atoms with E-state index < -0.39 is 11.7 Å². The van der Waals surface area contributed by atoms with Crippen molar-refractivity contribution >= 4 is 5.78 Å². The highest BCUT2D eigenvalue weighted by Gasteiger charge is 2.31. The molecule has 0 saturated carbocycles. The molecule has 0 amide bonds. The van der Waals surface area contributed by atoms with E-state index in [1.165, 1.54) is 12.1 Å². The molecule has 0 bridgehead atoms. The Labute approximate surface area is 137 Å². The number of Topliss-reactive ketones (excluding diaryl/α,β-unsaturated/α-hetero) is 1. The third kappa shape index (κ3) is 3.84. The highest BCUT2D eigenvalue weighted by molar-refractivity contribution is 5.98. The van der Waals surface area contributed by atoms with Gasteiger partial charge in [-0.05, 0) is 37.6 Å². The van der Waals surface area contributed by atoms with Crippen molar-refractivity contribution in [2.24, 2.45) is 5.92 Å². The van der Waals surface area contributed by atoms with Crippen LogP contribution in [0.25, 0.3) is 0 Å². The van der Waals surface area contributed by atoms with Crippen LogP contribution in [0.2, 0.25) is 0 Å². The van der Waals surface area contributed by atoms with Crippen molar-refractivity contribution < 1.29 is 18.0 Å². The number of ketones is 1. The molecule has 0 spiro atoms. The summed E-state index contributed by atoms with van der Waals surface area (Å²) < 4.78 is 37.8. The number of nitrogens with zero attached hydrogens (tertiary/aromatic N) is 2. The van der Waals surface area contributed by atoms with Crippen LogP contribution in [0.4, 0.5) is 13.2 Å². The van der Waals surface area contributed by atoms with Crippen LogP contribution in [0.1, 0.15) is 34.5 Å². The quantitative estimate of drug-likeness (QED) is 0.869. The Hall–Kier alpha value is -2.15. The number of hydrogen-bond donors (Lipinski definition) is 1. The minimum absolute atomic E-state index is 0.0852. The predicted molar refractivity (Wildman–Crippen MR) is 82.4 cm³/mol. The highest BCUT2D eigenvalue weighted by atomic mass is 19.4. The minimum atomic E-state index is -4.38. The van der Waals surface area contributed by atoms with Crippen LogP contribution in [0.3, 0.4) is 0 Å². The molecule has 0 aliphatic carbocycles. The van der Waals surface area contributed by atoms with Gasteiger partial charge in [0.25, 0.3) is 0 Å². The third-order valence-electron chi connectivity index (χ3n) is 4.33. The van der Waals surface area contributed by atoms with E-state index in [4.69, 9.17) is 0 Å². The maximum atomic E-state index is 12.6. The van der Waals surface area contributed by atoms with Crippen molar-refractivity contribution in [1.29, 1.82) is 0 Å². The second kappa shape index (κ2) is 6.76. The summed E-state index contributed by atoms with van der Waals surface area (Å²) in [5.74, 6) is -0.267. The monoisotopic (exact) mass is 337 g/mol. The van der Waals surface area contributed by atoms with Crippen LogP contribution < -0.4 is 0 Å². The predicted octanol–water partition coefficient (Wildman–Crippen LogP) is 3.52. The summed E-state index contributed by atoms with van der Waals surface area (Å²) in [5.41, 5.74) is 0.595. The number of benzene rings is 1. The fourth-order valence-electron chi connectivity index (χ4n) is 3.09. The lowest BCUT2D eigenvalue weighted by Gasteiger charge is -2.31. The summed E-state index contributed by atoms with van der Waals surface area (Å²) in [4.78, 5) is 14.8. The molecule has 1 N–H and O–H groups in total. The molecule has 3 rings (SSSR count). The molecule has 1 aliphatic heterocycles. The number of piperidine rings is 1. The molecule has 4 nitrogen and oxygen atoms in total. The number of likely N-dealkylation sites (tertiary alicyclic amines) is 1. The number of hydrogen-bond acceptors (Lipinski definition) is 3. The molecule has 1 fully saturated rings. The number of aromatic nitrogens is 2. The standard InChI is InChI=1S/C17H18F3N3O/c18-17(19,20)14-5-3-12(4-6-14)16(24)13-2-1-9-23(10-13)11-15-7-8-21-22-15/h3-8,13H,1-2,9-11H2,(H,21,22). The van der Waals surface area contributed by atoms with Gasteiger partial charge in [-0.3, -0.25) is 14.8 Å². The molecule has 2 heterocycles. The third-order valence-corrected chi connectivity index (χ3v) is 4.33. The van der Waals surface area contributed by atoms with Gasteiger partial charge in [0.1, 0.15) is 0 Å². The maximum absolute atomic E-state index is 12.6. The van der Waals surface area contributed by atoms with E-state index in [9.17, 15) is 18.0 Å². The molecule has 2 aromatic rings. The lowest BCUT2D eigenvalue weighted by molar-refractivity contribution is -0.137. The van der Waals surface area contributed by atoms with Crippen molar-refractivity contribution in [3.05, 3.63) is 53.3 Å². The summed E-state index contributed by atoms with van der Waals surface area (Å²) in [6.07, 6.45) is -1.04. The number of H-pyrrole nitrogens is 1. The van der Waals surface area contributed by atoms with Crippen LogP contribution in [0.5, 0.6) is 0 Å². The lowest BCUT2D eigenvalue weighted by atomic mass is 9.89. The number of alkyl halides is 3. The Balaban J connectivity index is 1.65. The Kier molecular flexibility index (Phi) is 4.71. The van der Waals surface area contributed by atoms with Gasteiger partial charge in [0.05, 0.1) is 5.56 Å². The minimum Gasteiger partial charge on any atom is -0.297 e. The van der Waals surface area contributed by atoms with E-state index in [0.29, 0.717) is 18.7 Å². The van der Waals surface area contributed by atoms with Crippen molar-refractivity contribution in [1.82, 2.24) is 15.1 Å². The van der Waals surface area contributed by atoms with E-state index in [2.05, 4.69) is 15.1 Å². The zero-order valence-electron chi connectivity index (χ0n) is 13.0. The Morgan fingerprint density at radius 2 is 2.00 bits per heavy atom. The highest BCUT2D eigenvalue weighted by Crippen LogP contribution is 2.30. The smallest absolute Gasteiger partial charge is 0.297 e. The van der Waals surface area contributed by atoms with Gasteiger partial charge in [-0.2, -0.15) is 18.3 Å². The van der Waals surface area contributed by atoms with Gasteiger partial charge in [-0.15, -0.1) is 0 Å². The maximum Gasteiger partial charge on any atom is 0.416 e. The van der Waals surface area contributed by atoms with Crippen molar-refractivity contribution in [3.8, 4) is 0 Å². The van der Waals surface area contributed by atoms with Gasteiger partial charge in [0, 0.05) is 36.5 Å². The van der Waals surface area contributed by atoms with E-state index in [-0.39, 0.29) is 11.7 Å². The number of carbonyl (C=O) groups excluding carboxylic acids is 1. The van der Waals surface area contributed by atoms with Crippen molar-refractivity contribution in [2.75, 3.05) is 13.1 Å². The average Bonchev–Trinajstić information content (AvgIpc) is 3.07. The molecule has 24 heavy (non-hydrogen) atoms. The summed E-state index contributed by atoms with van der Waals surface area (Å²) in [7, 11) is 0. The molecule has 1 unspecified atom stereocenters. The number of halogens is 3. The molecule has 0 radical (unpaired) electrons. The fraction of sp³-hybridized carbons (Fsp3) is 0.412. The normalized spacial score (nSPS) is 19.4. The fourth-order valence-corrected chi connectivity index (χ4v) is 3.09. The molecule has 128 valence electrons. The van der Waals surface area contributed by atoms with E-state index in [1.54, 1.807) is 6.20 Å². The van der Waals surface area contributed by atoms with Crippen LogP contribution >= 0.6 is 0 Å². The molecule has 7 heteroatoms. The number of rotatable bonds is 4. The lowest BCUT2D eigenvalue weighted by Crippen LogP contribution is -2.38. The molecule has 1 atom stereocenters. The molecule has 1 aromatic carbocycles. The van der Waals surface area contributed by atoms with Gasteiger partial charge in [-0.1, -0.05) is 12.1 Å². The Bertz CT molecular complexity index is 680. The summed E-state index contributed by atoms with van der Waals surface area (Å²) in [6.45, 7) is 2.20. The molecular formula is C17H18F3N3O. The summed E-state index contributed by atoms with van der Waals surface area (Å²) in [5, 5.41) is 6.80. The van der Waals surface area contributed by atoms with Crippen LogP contribution in [-0.2, 0) is 12.7 Å². The van der Waals surface area contributed by atoms with Crippen LogP contribution in [0.15, 0.2) is 36.5 Å². The van der Waals surface area contributed by atoms with Crippen molar-refractivity contribution in [3.63, 3.8) is 0 Å². The van der Waals surface area contributed by atoms with Crippen LogP contribution in [-0.4, -0.2) is 34.0 Å². The van der Waals surface area contributed by atoms with Crippen molar-refractivity contribution in [2.45, 2.75) is 25.6 Å². The van der Waals surface area contributed by atoms with Gasteiger partial charge in [-0.25, -0.2) is 0 Å². The molecule has 1 aromatic heterocycles. The Morgan fingerprint density at radius 3 is 2.62 bits per heavy atom. The summed E-state index contributed by atoms with van der Waals surface area (Å²) in [6, 6.07) is 6.39. The first kappa shape index (κ1) is 16.7. The van der Waals surface area contributed by atoms with Gasteiger partial charge in [0.2, 0.25) is 0 Å². The molecule has 1 saturated heterocycles. The topological polar surface area (TPSA) is 49.0 Å². The first-order valence-corrected chi connectivity index (χ1v) is 7.85. The first-order valence-electron chi connectivity index (χ1n) is 7.85.